The van der Waals surface area contributed by atoms with E-state index in [4.69, 9.17) is 5.73 Å². The summed E-state index contributed by atoms with van der Waals surface area (Å²) in [7, 11) is 2.20. The van der Waals surface area contributed by atoms with Gasteiger partial charge in [0.2, 0.25) is 0 Å². The summed E-state index contributed by atoms with van der Waals surface area (Å²) in [5, 5.41) is 3.39. The molecule has 1 unspecified atom stereocenters. The van der Waals surface area contributed by atoms with E-state index in [1.165, 1.54) is 13.0 Å². The molecule has 1 heterocycles. The van der Waals surface area contributed by atoms with Crippen LogP contribution in [0.15, 0.2) is 0 Å². The van der Waals surface area contributed by atoms with Crippen molar-refractivity contribution in [1.82, 2.24) is 10.2 Å². The molecule has 1 atom stereocenters. The molecule has 1 aliphatic heterocycles. The molecule has 1 aliphatic rings. The van der Waals surface area contributed by atoms with Crippen molar-refractivity contribution in [3.05, 3.63) is 0 Å². The monoisotopic (exact) mass is 157 g/mol. The van der Waals surface area contributed by atoms with Crippen LogP contribution in [0.2, 0.25) is 0 Å². The molecule has 1 fully saturated rings. The van der Waals surface area contributed by atoms with Gasteiger partial charge in [0.05, 0.1) is 0 Å². The first kappa shape index (κ1) is 8.97. The maximum Gasteiger partial charge on any atom is 0.0218 e. The average molecular weight is 157 g/mol. The van der Waals surface area contributed by atoms with Gasteiger partial charge in [0.25, 0.3) is 0 Å². The molecule has 0 amide bonds. The van der Waals surface area contributed by atoms with Crippen LogP contribution in [0.1, 0.15) is 12.8 Å². The van der Waals surface area contributed by atoms with Crippen LogP contribution in [0.3, 0.4) is 0 Å². The van der Waals surface area contributed by atoms with Gasteiger partial charge in [-0.05, 0) is 26.4 Å². The van der Waals surface area contributed by atoms with E-state index in [9.17, 15) is 0 Å². The smallest absolute Gasteiger partial charge is 0.0218 e. The Morgan fingerprint density at radius 1 is 1.64 bits per heavy atom. The molecule has 0 radical (unpaired) electrons. The van der Waals surface area contributed by atoms with Crippen molar-refractivity contribution < 1.29 is 0 Å². The third kappa shape index (κ3) is 2.77. The summed E-state index contributed by atoms with van der Waals surface area (Å²) in [5.41, 5.74) is 5.45. The fourth-order valence-electron chi connectivity index (χ4n) is 1.54. The molecule has 0 saturated carbocycles. The summed E-state index contributed by atoms with van der Waals surface area (Å²) < 4.78 is 0. The fourth-order valence-corrected chi connectivity index (χ4v) is 1.54. The van der Waals surface area contributed by atoms with E-state index in [1.807, 2.05) is 0 Å². The van der Waals surface area contributed by atoms with Crippen molar-refractivity contribution in [2.24, 2.45) is 5.73 Å². The Morgan fingerprint density at radius 3 is 3.09 bits per heavy atom. The first-order chi connectivity index (χ1) is 5.34. The van der Waals surface area contributed by atoms with E-state index < -0.39 is 0 Å². The first-order valence-electron chi connectivity index (χ1n) is 4.45. The zero-order valence-corrected chi connectivity index (χ0v) is 7.34. The maximum atomic E-state index is 5.45. The van der Waals surface area contributed by atoms with Crippen LogP contribution in [0, 0.1) is 0 Å². The Balaban J connectivity index is 2.18. The molecule has 1 saturated heterocycles. The van der Waals surface area contributed by atoms with Gasteiger partial charge in [0.15, 0.2) is 0 Å². The topological polar surface area (TPSA) is 41.3 Å². The number of nitrogens with one attached hydrogen (secondary N) is 1. The second-order valence-corrected chi connectivity index (χ2v) is 3.27. The number of rotatable bonds is 3. The molecule has 0 aromatic heterocycles. The average Bonchev–Trinajstić information content (AvgIpc) is 2.03. The van der Waals surface area contributed by atoms with Crippen LogP contribution in [0.25, 0.3) is 0 Å². The summed E-state index contributed by atoms with van der Waals surface area (Å²) in [6.45, 7) is 4.27. The van der Waals surface area contributed by atoms with Gasteiger partial charge in [-0.15, -0.1) is 0 Å². The van der Waals surface area contributed by atoms with Gasteiger partial charge in [-0.25, -0.2) is 0 Å². The van der Waals surface area contributed by atoms with Gasteiger partial charge in [-0.3, -0.25) is 0 Å². The molecule has 0 aromatic rings. The number of piperazine rings is 1. The minimum atomic E-state index is 0.715. The lowest BCUT2D eigenvalue weighted by Gasteiger charge is -2.32. The van der Waals surface area contributed by atoms with Gasteiger partial charge < -0.3 is 16.0 Å². The van der Waals surface area contributed by atoms with E-state index in [0.717, 1.165) is 26.1 Å². The van der Waals surface area contributed by atoms with Crippen molar-refractivity contribution in [1.29, 1.82) is 0 Å². The summed E-state index contributed by atoms with van der Waals surface area (Å²) in [6, 6.07) is 0.715. The first-order valence-corrected chi connectivity index (χ1v) is 4.45. The Morgan fingerprint density at radius 2 is 2.45 bits per heavy atom. The second-order valence-electron chi connectivity index (χ2n) is 3.27. The molecule has 3 nitrogen and oxygen atoms in total. The van der Waals surface area contributed by atoms with E-state index in [0.29, 0.717) is 6.04 Å². The van der Waals surface area contributed by atoms with Gasteiger partial charge in [0.1, 0.15) is 0 Å². The standard InChI is InChI=1S/C8H19N3/c1-11-6-5-10-7-8(11)3-2-4-9/h8,10H,2-7,9H2,1H3. The molecule has 3 N–H and O–H groups in total. The maximum absolute atomic E-state index is 5.45. The summed E-state index contributed by atoms with van der Waals surface area (Å²) in [4.78, 5) is 2.42. The summed E-state index contributed by atoms with van der Waals surface area (Å²) in [5.74, 6) is 0. The largest absolute Gasteiger partial charge is 0.330 e. The Labute approximate surface area is 68.9 Å². The van der Waals surface area contributed by atoms with E-state index in [-0.39, 0.29) is 0 Å². The third-order valence-corrected chi connectivity index (χ3v) is 2.39. The van der Waals surface area contributed by atoms with Gasteiger partial charge in [-0.1, -0.05) is 0 Å². The number of hydrogen-bond donors (Lipinski definition) is 2. The number of nitrogens with two attached hydrogens (primary N) is 1. The lowest BCUT2D eigenvalue weighted by atomic mass is 10.1. The molecule has 11 heavy (non-hydrogen) atoms. The highest BCUT2D eigenvalue weighted by molar-refractivity contribution is 4.76. The number of likely N-dealkylation sites (N-methyl/N-ethyl adjacent to an activating group) is 1. The highest BCUT2D eigenvalue weighted by Crippen LogP contribution is 2.05. The Kier molecular flexibility index (Phi) is 3.83. The van der Waals surface area contributed by atoms with Crippen molar-refractivity contribution in [3.8, 4) is 0 Å². The van der Waals surface area contributed by atoms with Crippen molar-refractivity contribution in [2.45, 2.75) is 18.9 Å². The van der Waals surface area contributed by atoms with Crippen molar-refractivity contribution in [3.63, 3.8) is 0 Å². The van der Waals surface area contributed by atoms with Crippen LogP contribution in [-0.2, 0) is 0 Å². The van der Waals surface area contributed by atoms with Crippen LogP contribution < -0.4 is 11.1 Å². The van der Waals surface area contributed by atoms with Crippen molar-refractivity contribution in [2.75, 3.05) is 33.2 Å². The van der Waals surface area contributed by atoms with E-state index in [1.54, 1.807) is 0 Å². The Bertz CT molecular complexity index is 106. The highest BCUT2D eigenvalue weighted by Gasteiger charge is 2.16. The minimum Gasteiger partial charge on any atom is -0.330 e. The van der Waals surface area contributed by atoms with E-state index in [2.05, 4.69) is 17.3 Å². The molecule has 3 heteroatoms. The number of hydrogen-bond acceptors (Lipinski definition) is 3. The normalized spacial score (nSPS) is 27.3. The van der Waals surface area contributed by atoms with Gasteiger partial charge in [-0.2, -0.15) is 0 Å². The Hall–Kier alpha value is -0.120. The second kappa shape index (κ2) is 4.70. The minimum absolute atomic E-state index is 0.715. The molecular formula is C8H19N3. The SMILES string of the molecule is CN1CCNCC1CCCN. The lowest BCUT2D eigenvalue weighted by molar-refractivity contribution is 0.189. The molecule has 0 bridgehead atoms. The predicted octanol–water partition coefficient (Wildman–Crippen LogP) is -0.371. The fraction of sp³-hybridized carbons (Fsp3) is 1.00. The summed E-state index contributed by atoms with van der Waals surface area (Å²) >= 11 is 0. The molecule has 0 aliphatic carbocycles. The van der Waals surface area contributed by atoms with Gasteiger partial charge >= 0.3 is 0 Å². The third-order valence-electron chi connectivity index (χ3n) is 2.39. The quantitative estimate of drug-likeness (QED) is 0.587. The zero-order chi connectivity index (χ0) is 8.10. The van der Waals surface area contributed by atoms with Crippen LogP contribution in [0.4, 0.5) is 0 Å². The molecule has 66 valence electrons. The highest BCUT2D eigenvalue weighted by atomic mass is 15.2. The lowest BCUT2D eigenvalue weighted by Crippen LogP contribution is -2.49. The molecule has 0 spiro atoms. The van der Waals surface area contributed by atoms with Crippen LogP contribution in [0.5, 0.6) is 0 Å². The predicted molar refractivity (Wildman–Crippen MR) is 47.6 cm³/mol. The van der Waals surface area contributed by atoms with E-state index >= 15 is 0 Å². The van der Waals surface area contributed by atoms with Crippen molar-refractivity contribution >= 4 is 0 Å². The molecule has 0 aromatic carbocycles. The summed E-state index contributed by atoms with van der Waals surface area (Å²) in [6.07, 6.45) is 2.39. The number of nitrogens with zero attached hydrogens (tertiary/aromatic N) is 1. The zero-order valence-electron chi connectivity index (χ0n) is 7.34. The molecule has 1 rings (SSSR count). The van der Waals surface area contributed by atoms with Crippen LogP contribution in [-0.4, -0.2) is 44.2 Å². The van der Waals surface area contributed by atoms with Crippen LogP contribution >= 0.6 is 0 Å². The van der Waals surface area contributed by atoms with Gasteiger partial charge in [0, 0.05) is 25.7 Å². The molecular weight excluding hydrogens is 138 g/mol.